The molecular weight excluding hydrogens is 197 g/mol. The second kappa shape index (κ2) is 2.98. The Morgan fingerprint density at radius 3 is 2.21 bits per heavy atom. The van der Waals surface area contributed by atoms with Gasteiger partial charge in [0.1, 0.15) is 0 Å². The maximum atomic E-state index is 12.4. The van der Waals surface area contributed by atoms with Gasteiger partial charge in [-0.2, -0.15) is 18.3 Å². The number of alkyl halides is 3. The first-order valence-corrected chi connectivity index (χ1v) is 3.96. The molecule has 14 heavy (non-hydrogen) atoms. The fourth-order valence-corrected chi connectivity index (χ4v) is 1.21. The van der Waals surface area contributed by atoms with E-state index in [-0.39, 0.29) is 5.69 Å². The molecule has 0 aliphatic heterocycles. The molecule has 1 N–H and O–H groups in total. The van der Waals surface area contributed by atoms with Crippen LogP contribution in [0.15, 0.2) is 6.07 Å². The first-order chi connectivity index (χ1) is 6.16. The zero-order valence-corrected chi connectivity index (χ0v) is 8.05. The lowest BCUT2D eigenvalue weighted by molar-refractivity contribution is -0.261. The van der Waals surface area contributed by atoms with E-state index in [1.807, 2.05) is 0 Å². The van der Waals surface area contributed by atoms with Crippen molar-refractivity contribution in [3.63, 3.8) is 0 Å². The Labute approximate surface area is 79.2 Å². The molecule has 0 aliphatic carbocycles. The molecule has 1 aromatic heterocycles. The molecule has 0 spiro atoms. The van der Waals surface area contributed by atoms with Crippen molar-refractivity contribution < 1.29 is 18.3 Å². The van der Waals surface area contributed by atoms with E-state index in [9.17, 15) is 18.3 Å². The molecule has 0 amide bonds. The van der Waals surface area contributed by atoms with Crippen LogP contribution in [0, 0.1) is 6.92 Å². The van der Waals surface area contributed by atoms with Gasteiger partial charge in [-0.3, -0.25) is 4.68 Å². The molecule has 3 nitrogen and oxygen atoms in total. The zero-order valence-electron chi connectivity index (χ0n) is 8.05. The SMILES string of the molecule is Cc1cc(C(C)(O)C(F)(F)F)n(C)n1. The zero-order chi connectivity index (χ0) is 11.1. The summed E-state index contributed by atoms with van der Waals surface area (Å²) in [5.74, 6) is 0. The van der Waals surface area contributed by atoms with E-state index in [2.05, 4.69) is 5.10 Å². The maximum Gasteiger partial charge on any atom is 0.422 e. The van der Waals surface area contributed by atoms with Gasteiger partial charge in [0.05, 0.1) is 11.4 Å². The Hall–Kier alpha value is -1.04. The minimum atomic E-state index is -4.70. The lowest BCUT2D eigenvalue weighted by Crippen LogP contribution is -2.40. The lowest BCUT2D eigenvalue weighted by atomic mass is 10.0. The average molecular weight is 208 g/mol. The summed E-state index contributed by atoms with van der Waals surface area (Å²) in [5, 5.41) is 13.1. The summed E-state index contributed by atoms with van der Waals surface area (Å²) in [5.41, 5.74) is -2.68. The largest absolute Gasteiger partial charge is 0.422 e. The van der Waals surface area contributed by atoms with Gasteiger partial charge in [0.25, 0.3) is 0 Å². The second-order valence-corrected chi connectivity index (χ2v) is 3.36. The summed E-state index contributed by atoms with van der Waals surface area (Å²) in [6.45, 7) is 2.28. The van der Waals surface area contributed by atoms with Gasteiger partial charge in [-0.05, 0) is 19.9 Å². The van der Waals surface area contributed by atoms with Crippen LogP contribution in [0.25, 0.3) is 0 Å². The number of aromatic nitrogens is 2. The fourth-order valence-electron chi connectivity index (χ4n) is 1.21. The molecule has 0 bridgehead atoms. The van der Waals surface area contributed by atoms with Crippen molar-refractivity contribution in [1.29, 1.82) is 0 Å². The van der Waals surface area contributed by atoms with Gasteiger partial charge in [-0.1, -0.05) is 0 Å². The highest BCUT2D eigenvalue weighted by atomic mass is 19.4. The Balaban J connectivity index is 3.22. The van der Waals surface area contributed by atoms with Gasteiger partial charge < -0.3 is 5.11 Å². The van der Waals surface area contributed by atoms with Crippen molar-refractivity contribution in [2.45, 2.75) is 25.6 Å². The van der Waals surface area contributed by atoms with E-state index in [1.54, 1.807) is 6.92 Å². The number of halogens is 3. The minimum absolute atomic E-state index is 0.262. The van der Waals surface area contributed by atoms with Crippen LogP contribution in [0.3, 0.4) is 0 Å². The van der Waals surface area contributed by atoms with Crippen LogP contribution in [0.4, 0.5) is 13.2 Å². The van der Waals surface area contributed by atoms with Crippen molar-refractivity contribution in [3.8, 4) is 0 Å². The number of nitrogens with zero attached hydrogens (tertiary/aromatic N) is 2. The first kappa shape index (κ1) is 11.0. The van der Waals surface area contributed by atoms with Crippen molar-refractivity contribution in [2.75, 3.05) is 0 Å². The van der Waals surface area contributed by atoms with Gasteiger partial charge in [0.15, 0.2) is 5.60 Å². The highest BCUT2D eigenvalue weighted by Gasteiger charge is 2.52. The fraction of sp³-hybridized carbons (Fsp3) is 0.625. The van der Waals surface area contributed by atoms with Crippen LogP contribution < -0.4 is 0 Å². The summed E-state index contributed by atoms with van der Waals surface area (Å²) in [7, 11) is 1.36. The molecule has 0 saturated carbocycles. The van der Waals surface area contributed by atoms with Crippen LogP contribution in [0.2, 0.25) is 0 Å². The highest BCUT2D eigenvalue weighted by molar-refractivity contribution is 5.17. The van der Waals surface area contributed by atoms with Crippen molar-refractivity contribution in [3.05, 3.63) is 17.5 Å². The summed E-state index contributed by atoms with van der Waals surface area (Å²) in [4.78, 5) is 0. The molecule has 0 fully saturated rings. The Morgan fingerprint density at radius 1 is 1.43 bits per heavy atom. The number of hydrogen-bond acceptors (Lipinski definition) is 2. The van der Waals surface area contributed by atoms with E-state index < -0.39 is 11.8 Å². The Bertz CT molecular complexity index is 341. The molecule has 80 valence electrons. The van der Waals surface area contributed by atoms with E-state index >= 15 is 0 Å². The summed E-state index contributed by atoms with van der Waals surface area (Å²) in [6.07, 6.45) is -4.70. The highest BCUT2D eigenvalue weighted by Crippen LogP contribution is 2.38. The van der Waals surface area contributed by atoms with Crippen LogP contribution in [0.1, 0.15) is 18.3 Å². The third kappa shape index (κ3) is 1.61. The molecule has 1 unspecified atom stereocenters. The van der Waals surface area contributed by atoms with Crippen LogP contribution in [-0.4, -0.2) is 21.1 Å². The molecule has 0 aromatic carbocycles. The van der Waals surface area contributed by atoms with Crippen LogP contribution in [-0.2, 0) is 12.6 Å². The summed E-state index contributed by atoms with van der Waals surface area (Å²) in [6, 6.07) is 1.22. The molecule has 1 heterocycles. The van der Waals surface area contributed by atoms with E-state index in [0.717, 1.165) is 4.68 Å². The average Bonchev–Trinajstić information content (AvgIpc) is 2.27. The number of hydrogen-bond donors (Lipinski definition) is 1. The van der Waals surface area contributed by atoms with Gasteiger partial charge in [-0.15, -0.1) is 0 Å². The third-order valence-electron chi connectivity index (χ3n) is 2.05. The van der Waals surface area contributed by atoms with E-state index in [0.29, 0.717) is 12.6 Å². The van der Waals surface area contributed by atoms with Crippen LogP contribution in [0.5, 0.6) is 0 Å². The number of aryl methyl sites for hydroxylation is 2. The van der Waals surface area contributed by atoms with Gasteiger partial charge >= 0.3 is 6.18 Å². The molecule has 6 heteroatoms. The second-order valence-electron chi connectivity index (χ2n) is 3.36. The van der Waals surface area contributed by atoms with Crippen LogP contribution >= 0.6 is 0 Å². The third-order valence-corrected chi connectivity index (χ3v) is 2.05. The number of aliphatic hydroxyl groups is 1. The topological polar surface area (TPSA) is 38.0 Å². The molecular formula is C8H11F3N2O. The molecule has 1 atom stereocenters. The molecule has 1 aromatic rings. The summed E-state index contributed by atoms with van der Waals surface area (Å²) < 4.78 is 38.3. The molecule has 0 radical (unpaired) electrons. The lowest BCUT2D eigenvalue weighted by Gasteiger charge is -2.25. The standard InChI is InChI=1S/C8H11F3N2O/c1-5-4-6(13(3)12-5)7(2,14)8(9,10)11/h4,14H,1-3H3. The molecule has 1 rings (SSSR count). The van der Waals surface area contributed by atoms with Crippen molar-refractivity contribution in [2.24, 2.45) is 7.05 Å². The monoisotopic (exact) mass is 208 g/mol. The molecule has 0 saturated heterocycles. The smallest absolute Gasteiger partial charge is 0.375 e. The minimum Gasteiger partial charge on any atom is -0.375 e. The van der Waals surface area contributed by atoms with Gasteiger partial charge in [0, 0.05) is 7.05 Å². The summed E-state index contributed by atoms with van der Waals surface area (Å²) >= 11 is 0. The maximum absolute atomic E-state index is 12.4. The van der Waals surface area contributed by atoms with Crippen molar-refractivity contribution in [1.82, 2.24) is 9.78 Å². The first-order valence-electron chi connectivity index (χ1n) is 3.96. The number of rotatable bonds is 1. The molecule has 0 aliphatic rings. The van der Waals surface area contributed by atoms with Gasteiger partial charge in [0.2, 0.25) is 0 Å². The predicted octanol–water partition coefficient (Wildman–Crippen LogP) is 1.50. The Morgan fingerprint density at radius 2 is 1.93 bits per heavy atom. The predicted molar refractivity (Wildman–Crippen MR) is 43.6 cm³/mol. The van der Waals surface area contributed by atoms with E-state index in [1.165, 1.54) is 13.1 Å². The van der Waals surface area contributed by atoms with Gasteiger partial charge in [-0.25, -0.2) is 0 Å². The normalized spacial score (nSPS) is 16.8. The quantitative estimate of drug-likeness (QED) is 0.759. The van der Waals surface area contributed by atoms with E-state index in [4.69, 9.17) is 0 Å². The van der Waals surface area contributed by atoms with Crippen molar-refractivity contribution >= 4 is 0 Å². The Kier molecular flexibility index (Phi) is 2.35.